The SMILES string of the molecule is COC(=O)N1C=C(c2ccccc2)N([C@@H](Cc2ccccc2)C(O)(NC(C)=O)C(=O)OC(C)C)C(=O)C1C(C)C. The topological polar surface area (TPSA) is 125 Å². The van der Waals surface area contributed by atoms with Gasteiger partial charge in [0, 0.05) is 13.1 Å². The number of hydrogen-bond donors (Lipinski definition) is 2. The third kappa shape index (κ3) is 6.51. The van der Waals surface area contributed by atoms with Crippen molar-refractivity contribution in [1.29, 1.82) is 0 Å². The predicted octanol–water partition coefficient (Wildman–Crippen LogP) is 3.31. The van der Waals surface area contributed by atoms with Crippen LogP contribution in [0.5, 0.6) is 0 Å². The summed E-state index contributed by atoms with van der Waals surface area (Å²) >= 11 is 0. The van der Waals surface area contributed by atoms with Gasteiger partial charge >= 0.3 is 12.1 Å². The first-order valence-electron chi connectivity index (χ1n) is 13.1. The number of amides is 3. The number of benzene rings is 2. The molecule has 0 radical (unpaired) electrons. The highest BCUT2D eigenvalue weighted by atomic mass is 16.6. The van der Waals surface area contributed by atoms with Crippen LogP contribution in [0.25, 0.3) is 5.70 Å². The van der Waals surface area contributed by atoms with Crippen LogP contribution in [0.1, 0.15) is 45.7 Å². The zero-order valence-electron chi connectivity index (χ0n) is 23.7. The van der Waals surface area contributed by atoms with E-state index in [1.54, 1.807) is 82.3 Å². The minimum absolute atomic E-state index is 0.0379. The molecule has 0 bridgehead atoms. The summed E-state index contributed by atoms with van der Waals surface area (Å²) in [6.07, 6.45) is 0.0809. The van der Waals surface area contributed by atoms with Crippen LogP contribution in [0.4, 0.5) is 4.79 Å². The van der Waals surface area contributed by atoms with Crippen molar-refractivity contribution in [3.63, 3.8) is 0 Å². The van der Waals surface area contributed by atoms with Gasteiger partial charge in [-0.25, -0.2) is 9.59 Å². The molecule has 1 heterocycles. The van der Waals surface area contributed by atoms with E-state index in [9.17, 15) is 24.3 Å². The maximum atomic E-state index is 14.5. The summed E-state index contributed by atoms with van der Waals surface area (Å²) in [4.78, 5) is 55.8. The van der Waals surface area contributed by atoms with Crippen molar-refractivity contribution < 1.29 is 33.8 Å². The molecule has 2 aromatic rings. The minimum Gasteiger partial charge on any atom is -0.459 e. The van der Waals surface area contributed by atoms with Gasteiger partial charge in [0.25, 0.3) is 11.6 Å². The molecule has 2 aromatic carbocycles. The molecule has 2 unspecified atom stereocenters. The second-order valence-corrected chi connectivity index (χ2v) is 10.3. The number of carbonyl (C=O) groups excluding carboxylic acids is 4. The van der Waals surface area contributed by atoms with E-state index < -0.39 is 47.8 Å². The fourth-order valence-corrected chi connectivity index (χ4v) is 4.78. The minimum atomic E-state index is -2.65. The van der Waals surface area contributed by atoms with E-state index in [2.05, 4.69) is 5.32 Å². The summed E-state index contributed by atoms with van der Waals surface area (Å²) in [5.41, 5.74) is -1.20. The molecular weight excluding hydrogens is 514 g/mol. The Morgan fingerprint density at radius 1 is 1.00 bits per heavy atom. The van der Waals surface area contributed by atoms with Gasteiger partial charge in [0.2, 0.25) is 5.91 Å². The summed E-state index contributed by atoms with van der Waals surface area (Å²) in [6.45, 7) is 7.94. The van der Waals surface area contributed by atoms with Crippen LogP contribution in [-0.4, -0.2) is 69.8 Å². The second-order valence-electron chi connectivity index (χ2n) is 10.3. The van der Waals surface area contributed by atoms with Gasteiger partial charge in [0.1, 0.15) is 12.1 Å². The number of methoxy groups -OCH3 is 1. The van der Waals surface area contributed by atoms with Gasteiger partial charge in [-0.05, 0) is 37.3 Å². The van der Waals surface area contributed by atoms with Gasteiger partial charge in [-0.1, -0.05) is 74.5 Å². The van der Waals surface area contributed by atoms with Crippen molar-refractivity contribution in [3.8, 4) is 0 Å². The van der Waals surface area contributed by atoms with Crippen molar-refractivity contribution in [2.45, 2.75) is 65.0 Å². The zero-order valence-corrected chi connectivity index (χ0v) is 23.7. The number of carbonyl (C=O) groups is 4. The Kier molecular flexibility index (Phi) is 9.70. The van der Waals surface area contributed by atoms with Crippen molar-refractivity contribution in [2.24, 2.45) is 5.92 Å². The van der Waals surface area contributed by atoms with Crippen LogP contribution in [0, 0.1) is 5.92 Å². The van der Waals surface area contributed by atoms with Gasteiger partial charge < -0.3 is 19.9 Å². The van der Waals surface area contributed by atoms with Crippen molar-refractivity contribution in [1.82, 2.24) is 15.1 Å². The van der Waals surface area contributed by atoms with E-state index in [1.165, 1.54) is 23.1 Å². The highest BCUT2D eigenvalue weighted by Gasteiger charge is 2.54. The Morgan fingerprint density at radius 2 is 1.57 bits per heavy atom. The number of esters is 1. The first-order valence-corrected chi connectivity index (χ1v) is 13.1. The average molecular weight is 552 g/mol. The smallest absolute Gasteiger partial charge is 0.414 e. The molecule has 40 heavy (non-hydrogen) atoms. The lowest BCUT2D eigenvalue weighted by Gasteiger charge is -2.47. The van der Waals surface area contributed by atoms with Gasteiger partial charge in [-0.15, -0.1) is 0 Å². The number of ether oxygens (including phenoxy) is 2. The number of nitrogens with zero attached hydrogens (tertiary/aromatic N) is 2. The molecule has 10 nitrogen and oxygen atoms in total. The monoisotopic (exact) mass is 551 g/mol. The van der Waals surface area contributed by atoms with Crippen LogP contribution in [0.2, 0.25) is 0 Å². The van der Waals surface area contributed by atoms with Gasteiger partial charge in [0.15, 0.2) is 0 Å². The molecule has 1 aliphatic rings. The third-order valence-electron chi connectivity index (χ3n) is 6.48. The summed E-state index contributed by atoms with van der Waals surface area (Å²) in [7, 11) is 1.22. The number of nitrogens with one attached hydrogen (secondary N) is 1. The Balaban J connectivity index is 2.35. The molecular formula is C30H37N3O7. The van der Waals surface area contributed by atoms with E-state index in [1.807, 2.05) is 6.07 Å². The predicted molar refractivity (Wildman–Crippen MR) is 148 cm³/mol. The lowest BCUT2D eigenvalue weighted by atomic mass is 9.89. The van der Waals surface area contributed by atoms with Crippen LogP contribution in [-0.2, 0) is 30.3 Å². The molecule has 3 rings (SSSR count). The van der Waals surface area contributed by atoms with Crippen molar-refractivity contribution in [2.75, 3.05) is 7.11 Å². The molecule has 0 fully saturated rings. The summed E-state index contributed by atoms with van der Waals surface area (Å²) in [5.74, 6) is -2.76. The molecule has 0 saturated heterocycles. The molecule has 214 valence electrons. The van der Waals surface area contributed by atoms with Crippen LogP contribution < -0.4 is 5.32 Å². The molecule has 10 heteroatoms. The first-order chi connectivity index (χ1) is 18.9. The molecule has 0 aliphatic carbocycles. The Bertz CT molecular complexity index is 1250. The highest BCUT2D eigenvalue weighted by Crippen LogP contribution is 2.36. The lowest BCUT2D eigenvalue weighted by molar-refractivity contribution is -0.185. The number of aliphatic hydroxyl groups is 1. The lowest BCUT2D eigenvalue weighted by Crippen LogP contribution is -2.70. The molecule has 2 N–H and O–H groups in total. The summed E-state index contributed by atoms with van der Waals surface area (Å²) in [5, 5.41) is 14.4. The fourth-order valence-electron chi connectivity index (χ4n) is 4.78. The molecule has 0 saturated carbocycles. The molecule has 1 aliphatic heterocycles. The zero-order chi connectivity index (χ0) is 29.6. The fraction of sp³-hybridized carbons (Fsp3) is 0.400. The summed E-state index contributed by atoms with van der Waals surface area (Å²) in [6, 6.07) is 15.4. The van der Waals surface area contributed by atoms with Crippen molar-refractivity contribution >= 4 is 29.6 Å². The quantitative estimate of drug-likeness (QED) is 0.362. The van der Waals surface area contributed by atoms with E-state index in [-0.39, 0.29) is 18.0 Å². The number of rotatable bonds is 9. The molecule has 3 atom stereocenters. The molecule has 0 spiro atoms. The van der Waals surface area contributed by atoms with E-state index in [0.29, 0.717) is 11.1 Å². The van der Waals surface area contributed by atoms with Crippen LogP contribution in [0.15, 0.2) is 66.9 Å². The average Bonchev–Trinajstić information content (AvgIpc) is 2.91. The summed E-state index contributed by atoms with van der Waals surface area (Å²) < 4.78 is 10.4. The molecule has 0 aromatic heterocycles. The van der Waals surface area contributed by atoms with Crippen LogP contribution >= 0.6 is 0 Å². The van der Waals surface area contributed by atoms with Crippen LogP contribution in [0.3, 0.4) is 0 Å². The van der Waals surface area contributed by atoms with Gasteiger partial charge in [-0.3, -0.25) is 19.4 Å². The largest absolute Gasteiger partial charge is 0.459 e. The van der Waals surface area contributed by atoms with E-state index in [4.69, 9.17) is 9.47 Å². The molecule has 3 amide bonds. The standard InChI is InChI=1S/C30H37N3O7/c1-19(2)26-27(35)33(24(18-32(26)29(37)39-6)23-15-11-8-12-16-23)25(17-22-13-9-7-10-14-22)30(38,31-21(5)34)28(36)40-20(3)4/h7-16,18-20,25-26,38H,17H2,1-6H3,(H,31,34)/t25-,26?,30?/m0/s1. The normalized spacial score (nSPS) is 17.7. The number of hydrogen-bond acceptors (Lipinski definition) is 7. The highest BCUT2D eigenvalue weighted by molar-refractivity contribution is 5.98. The van der Waals surface area contributed by atoms with E-state index in [0.717, 1.165) is 6.92 Å². The Labute approximate surface area is 234 Å². The van der Waals surface area contributed by atoms with Gasteiger partial charge in [0.05, 0.1) is 18.9 Å². The van der Waals surface area contributed by atoms with Crippen molar-refractivity contribution in [3.05, 3.63) is 78.0 Å². The van der Waals surface area contributed by atoms with E-state index >= 15 is 0 Å². The maximum Gasteiger partial charge on any atom is 0.414 e. The maximum absolute atomic E-state index is 14.5. The Hall–Kier alpha value is -4.18. The van der Waals surface area contributed by atoms with Gasteiger partial charge in [-0.2, -0.15) is 0 Å². The first kappa shape index (κ1) is 30.4. The third-order valence-corrected chi connectivity index (χ3v) is 6.48. The second kappa shape index (κ2) is 12.8. The Morgan fingerprint density at radius 3 is 2.08 bits per heavy atom.